The van der Waals surface area contributed by atoms with Crippen molar-refractivity contribution in [1.29, 1.82) is 0 Å². The molecule has 76 valence electrons. The largest absolute Gasteiger partial charge is 0.508 e. The highest BCUT2D eigenvalue weighted by Crippen LogP contribution is 2.32. The molecule has 0 aliphatic heterocycles. The van der Waals surface area contributed by atoms with Crippen molar-refractivity contribution < 1.29 is 5.11 Å². The van der Waals surface area contributed by atoms with Crippen LogP contribution in [0.4, 0.5) is 0 Å². The number of phenols is 1. The number of aromatic hydroxyl groups is 1. The van der Waals surface area contributed by atoms with E-state index in [1.165, 1.54) is 0 Å². The van der Waals surface area contributed by atoms with E-state index in [1.54, 1.807) is 6.07 Å². The molecule has 0 aromatic heterocycles. The number of allylic oxidation sites excluding steroid dienone is 1. The number of rotatable bonds is 1. The van der Waals surface area contributed by atoms with Crippen LogP contribution in [0.25, 0.3) is 5.57 Å². The number of phenolic OH excluding ortho intramolecular Hbond substituents is 1. The highest BCUT2D eigenvalue weighted by Gasteiger charge is 2.18. The van der Waals surface area contributed by atoms with E-state index < -0.39 is 0 Å². The van der Waals surface area contributed by atoms with Crippen molar-refractivity contribution in [3.05, 3.63) is 35.9 Å². The second-order valence-corrected chi connectivity index (χ2v) is 4.76. The summed E-state index contributed by atoms with van der Waals surface area (Å²) in [6.45, 7) is 12.1. The molecule has 0 radical (unpaired) electrons. The van der Waals surface area contributed by atoms with Crippen LogP contribution in [-0.2, 0) is 5.41 Å². The average molecular weight is 190 g/mol. The van der Waals surface area contributed by atoms with Gasteiger partial charge in [0.2, 0.25) is 0 Å². The van der Waals surface area contributed by atoms with Gasteiger partial charge in [-0.25, -0.2) is 0 Å². The number of hydrogen-bond acceptors (Lipinski definition) is 1. The maximum absolute atomic E-state index is 9.72. The second kappa shape index (κ2) is 3.49. The van der Waals surface area contributed by atoms with Crippen molar-refractivity contribution in [1.82, 2.24) is 0 Å². The maximum Gasteiger partial charge on any atom is 0.119 e. The Kier molecular flexibility index (Phi) is 2.70. The summed E-state index contributed by atoms with van der Waals surface area (Å²) in [6.07, 6.45) is 0. The smallest absolute Gasteiger partial charge is 0.119 e. The van der Waals surface area contributed by atoms with Crippen molar-refractivity contribution in [2.45, 2.75) is 33.1 Å². The van der Waals surface area contributed by atoms with Crippen LogP contribution in [0.15, 0.2) is 24.8 Å². The van der Waals surface area contributed by atoms with E-state index in [2.05, 4.69) is 27.4 Å². The lowest BCUT2D eigenvalue weighted by Crippen LogP contribution is -2.11. The maximum atomic E-state index is 9.72. The van der Waals surface area contributed by atoms with Crippen molar-refractivity contribution >= 4 is 5.57 Å². The van der Waals surface area contributed by atoms with E-state index in [9.17, 15) is 5.11 Å². The van der Waals surface area contributed by atoms with Gasteiger partial charge in [-0.05, 0) is 35.6 Å². The Labute approximate surface area is 86.1 Å². The summed E-state index contributed by atoms with van der Waals surface area (Å²) in [5, 5.41) is 9.72. The minimum atomic E-state index is -0.0322. The lowest BCUT2D eigenvalue weighted by atomic mass is 9.85. The molecule has 1 heteroatoms. The van der Waals surface area contributed by atoms with Crippen molar-refractivity contribution in [3.63, 3.8) is 0 Å². The molecule has 1 aromatic rings. The highest BCUT2D eigenvalue weighted by molar-refractivity contribution is 5.63. The van der Waals surface area contributed by atoms with Crippen LogP contribution in [0.5, 0.6) is 5.75 Å². The molecule has 0 saturated carbocycles. The van der Waals surface area contributed by atoms with E-state index in [0.717, 1.165) is 16.7 Å². The molecule has 14 heavy (non-hydrogen) atoms. The van der Waals surface area contributed by atoms with Crippen LogP contribution in [0.1, 0.15) is 38.8 Å². The van der Waals surface area contributed by atoms with E-state index in [-0.39, 0.29) is 5.41 Å². The minimum Gasteiger partial charge on any atom is -0.508 e. The molecule has 0 amide bonds. The zero-order valence-electron chi connectivity index (χ0n) is 9.39. The Hall–Kier alpha value is -1.24. The average Bonchev–Trinajstić information content (AvgIpc) is 2.02. The highest BCUT2D eigenvalue weighted by atomic mass is 16.3. The Balaban J connectivity index is 3.29. The van der Waals surface area contributed by atoms with E-state index in [0.29, 0.717) is 5.75 Å². The van der Waals surface area contributed by atoms with Crippen LogP contribution in [-0.4, -0.2) is 5.11 Å². The molecule has 1 N–H and O–H groups in total. The first-order valence-corrected chi connectivity index (χ1v) is 4.82. The molecular weight excluding hydrogens is 172 g/mol. The van der Waals surface area contributed by atoms with Crippen LogP contribution in [0.3, 0.4) is 0 Å². The quantitative estimate of drug-likeness (QED) is 0.715. The first-order chi connectivity index (χ1) is 6.32. The van der Waals surface area contributed by atoms with Gasteiger partial charge >= 0.3 is 0 Å². The summed E-state index contributed by atoms with van der Waals surface area (Å²) >= 11 is 0. The fraction of sp³-hybridized carbons (Fsp3) is 0.385. The first-order valence-electron chi connectivity index (χ1n) is 4.82. The summed E-state index contributed by atoms with van der Waals surface area (Å²) in [6, 6.07) is 5.65. The first kappa shape index (κ1) is 10.8. The number of hydrogen-bond donors (Lipinski definition) is 1. The van der Waals surface area contributed by atoms with Crippen molar-refractivity contribution in [2.75, 3.05) is 0 Å². The summed E-state index contributed by atoms with van der Waals surface area (Å²) in [4.78, 5) is 0. The molecule has 0 heterocycles. The van der Waals surface area contributed by atoms with E-state index in [4.69, 9.17) is 0 Å². The van der Waals surface area contributed by atoms with Crippen LogP contribution >= 0.6 is 0 Å². The zero-order valence-corrected chi connectivity index (χ0v) is 9.39. The van der Waals surface area contributed by atoms with Gasteiger partial charge in [0, 0.05) is 0 Å². The third kappa shape index (κ3) is 2.16. The van der Waals surface area contributed by atoms with Gasteiger partial charge in [-0.2, -0.15) is 0 Å². The van der Waals surface area contributed by atoms with Gasteiger partial charge in [0.05, 0.1) is 0 Å². The third-order valence-corrected chi connectivity index (χ3v) is 2.30. The molecule has 1 nitrogen and oxygen atoms in total. The molecule has 0 aliphatic rings. The number of benzene rings is 1. The normalized spacial score (nSPS) is 11.4. The monoisotopic (exact) mass is 190 g/mol. The fourth-order valence-electron chi connectivity index (χ4n) is 1.40. The van der Waals surface area contributed by atoms with Crippen LogP contribution in [0.2, 0.25) is 0 Å². The van der Waals surface area contributed by atoms with Gasteiger partial charge in [-0.1, -0.05) is 39.0 Å². The SMILES string of the molecule is C=C(C)c1ccc(O)c(C(C)(C)C)c1. The third-order valence-electron chi connectivity index (χ3n) is 2.30. The van der Waals surface area contributed by atoms with Gasteiger partial charge in [-0.3, -0.25) is 0 Å². The predicted octanol–water partition coefficient (Wildman–Crippen LogP) is 3.72. The summed E-state index contributed by atoms with van der Waals surface area (Å²) in [7, 11) is 0. The lowest BCUT2D eigenvalue weighted by Gasteiger charge is -2.21. The van der Waals surface area contributed by atoms with E-state index >= 15 is 0 Å². The standard InChI is InChI=1S/C13H18O/c1-9(2)10-6-7-12(14)11(8-10)13(3,4)5/h6-8,14H,1H2,2-5H3. The topological polar surface area (TPSA) is 20.2 Å². The van der Waals surface area contributed by atoms with Gasteiger partial charge in [0.25, 0.3) is 0 Å². The summed E-state index contributed by atoms with van der Waals surface area (Å²) in [5.41, 5.74) is 3.05. The Morgan fingerprint density at radius 3 is 2.29 bits per heavy atom. The van der Waals surface area contributed by atoms with E-state index in [1.807, 2.05) is 19.1 Å². The second-order valence-electron chi connectivity index (χ2n) is 4.76. The van der Waals surface area contributed by atoms with Gasteiger partial charge in [-0.15, -0.1) is 0 Å². The molecular formula is C13H18O. The van der Waals surface area contributed by atoms with Crippen LogP contribution in [0, 0.1) is 0 Å². The molecule has 0 fully saturated rings. The Morgan fingerprint density at radius 1 is 1.29 bits per heavy atom. The van der Waals surface area contributed by atoms with Gasteiger partial charge in [0.15, 0.2) is 0 Å². The molecule has 0 atom stereocenters. The van der Waals surface area contributed by atoms with Crippen molar-refractivity contribution in [2.24, 2.45) is 0 Å². The van der Waals surface area contributed by atoms with Crippen molar-refractivity contribution in [3.8, 4) is 5.75 Å². The Morgan fingerprint density at radius 2 is 1.86 bits per heavy atom. The molecule has 0 aliphatic carbocycles. The minimum absolute atomic E-state index is 0.0322. The lowest BCUT2D eigenvalue weighted by molar-refractivity contribution is 0.446. The fourth-order valence-corrected chi connectivity index (χ4v) is 1.40. The molecule has 1 aromatic carbocycles. The summed E-state index contributed by atoms with van der Waals surface area (Å²) < 4.78 is 0. The van der Waals surface area contributed by atoms with Gasteiger partial charge in [0.1, 0.15) is 5.75 Å². The Bertz CT molecular complexity index is 356. The molecule has 0 spiro atoms. The predicted molar refractivity (Wildman–Crippen MR) is 61.5 cm³/mol. The van der Waals surface area contributed by atoms with Gasteiger partial charge < -0.3 is 5.11 Å². The molecule has 0 unspecified atom stereocenters. The molecule has 0 bridgehead atoms. The molecule has 1 rings (SSSR count). The summed E-state index contributed by atoms with van der Waals surface area (Å²) in [5.74, 6) is 0.363. The van der Waals surface area contributed by atoms with Crippen LogP contribution < -0.4 is 0 Å². The molecule has 0 saturated heterocycles. The zero-order chi connectivity index (χ0) is 10.9.